The summed E-state index contributed by atoms with van der Waals surface area (Å²) >= 11 is 0. The van der Waals surface area contributed by atoms with E-state index >= 15 is 0 Å². The van der Waals surface area contributed by atoms with E-state index in [2.05, 4.69) is 14.5 Å². The van der Waals surface area contributed by atoms with Crippen LogP contribution in [-0.4, -0.2) is 18.9 Å². The maximum absolute atomic E-state index is 10.5. The molecule has 1 aliphatic rings. The van der Waals surface area contributed by atoms with Gasteiger partial charge < -0.3 is 4.74 Å². The summed E-state index contributed by atoms with van der Waals surface area (Å²) in [6.45, 7) is 1.67. The zero-order chi connectivity index (χ0) is 6.91. The van der Waals surface area contributed by atoms with Crippen molar-refractivity contribution in [2.45, 2.75) is 19.1 Å². The Kier molecular flexibility index (Phi) is 1.42. The molecule has 0 spiro atoms. The molecule has 0 aliphatic carbocycles. The first-order valence-corrected chi connectivity index (χ1v) is 2.60. The monoisotopic (exact) mass is 132 g/mol. The number of esters is 1. The largest absolute Gasteiger partial charge is 0.469 e. The number of carbonyl (C=O) groups is 1. The van der Waals surface area contributed by atoms with Crippen molar-refractivity contribution in [2.75, 3.05) is 7.11 Å². The van der Waals surface area contributed by atoms with Gasteiger partial charge in [-0.05, 0) is 6.92 Å². The molecule has 1 saturated heterocycles. The lowest BCUT2D eigenvalue weighted by Crippen LogP contribution is -2.12. The van der Waals surface area contributed by atoms with Crippen LogP contribution in [0.4, 0.5) is 0 Å². The van der Waals surface area contributed by atoms with Gasteiger partial charge in [0.15, 0.2) is 0 Å². The van der Waals surface area contributed by atoms with Crippen molar-refractivity contribution >= 4 is 5.97 Å². The minimum atomic E-state index is -0.701. The molecule has 0 radical (unpaired) electrons. The van der Waals surface area contributed by atoms with Gasteiger partial charge in [0.2, 0.25) is 5.79 Å². The second-order valence-electron chi connectivity index (χ2n) is 2.05. The minimum absolute atomic E-state index is 0.156. The molecule has 4 nitrogen and oxygen atoms in total. The van der Waals surface area contributed by atoms with Gasteiger partial charge in [0.1, 0.15) is 6.42 Å². The van der Waals surface area contributed by atoms with E-state index in [0.29, 0.717) is 0 Å². The molecule has 0 aromatic rings. The van der Waals surface area contributed by atoms with Crippen molar-refractivity contribution in [1.29, 1.82) is 0 Å². The van der Waals surface area contributed by atoms with Crippen LogP contribution in [0.15, 0.2) is 0 Å². The van der Waals surface area contributed by atoms with Gasteiger partial charge in [-0.2, -0.15) is 9.78 Å². The Balaban J connectivity index is 2.25. The van der Waals surface area contributed by atoms with Crippen LogP contribution < -0.4 is 0 Å². The average Bonchev–Trinajstić information content (AvgIpc) is 2.48. The number of hydrogen-bond donors (Lipinski definition) is 0. The van der Waals surface area contributed by atoms with Gasteiger partial charge >= 0.3 is 5.97 Å². The molecule has 9 heavy (non-hydrogen) atoms. The molecule has 0 aromatic heterocycles. The molecular weight excluding hydrogens is 124 g/mol. The lowest BCUT2D eigenvalue weighted by atomic mass is 10.2. The lowest BCUT2D eigenvalue weighted by Gasteiger charge is -1.96. The maximum atomic E-state index is 10.5. The van der Waals surface area contributed by atoms with Crippen LogP contribution in [-0.2, 0) is 19.3 Å². The fraction of sp³-hybridized carbons (Fsp3) is 0.800. The molecule has 4 heteroatoms. The van der Waals surface area contributed by atoms with Gasteiger partial charge in [-0.15, -0.1) is 0 Å². The maximum Gasteiger partial charge on any atom is 0.311 e. The van der Waals surface area contributed by atoms with Crippen molar-refractivity contribution in [3.8, 4) is 0 Å². The summed E-state index contributed by atoms with van der Waals surface area (Å²) in [5.41, 5.74) is 0. The van der Waals surface area contributed by atoms with Gasteiger partial charge in [0, 0.05) is 0 Å². The smallest absolute Gasteiger partial charge is 0.311 e. The van der Waals surface area contributed by atoms with E-state index in [1.165, 1.54) is 7.11 Å². The normalized spacial score (nSPS) is 21.1. The number of hydrogen-bond acceptors (Lipinski definition) is 4. The van der Waals surface area contributed by atoms with Gasteiger partial charge in [-0.1, -0.05) is 0 Å². The highest BCUT2D eigenvalue weighted by molar-refractivity contribution is 5.70. The molecule has 1 heterocycles. The first-order valence-electron chi connectivity index (χ1n) is 2.60. The van der Waals surface area contributed by atoms with Gasteiger partial charge in [-0.25, -0.2) is 0 Å². The first kappa shape index (κ1) is 6.51. The van der Waals surface area contributed by atoms with Gasteiger partial charge in [-0.3, -0.25) is 4.79 Å². The van der Waals surface area contributed by atoms with Crippen LogP contribution >= 0.6 is 0 Å². The van der Waals surface area contributed by atoms with Crippen LogP contribution in [0.3, 0.4) is 0 Å². The Morgan fingerprint density at radius 2 is 2.22 bits per heavy atom. The van der Waals surface area contributed by atoms with Crippen LogP contribution in [0.1, 0.15) is 13.3 Å². The van der Waals surface area contributed by atoms with E-state index in [0.717, 1.165) is 0 Å². The molecule has 1 rings (SSSR count). The van der Waals surface area contributed by atoms with Crippen LogP contribution in [0.2, 0.25) is 0 Å². The molecule has 0 aromatic carbocycles. The third-order valence-electron chi connectivity index (χ3n) is 1.06. The summed E-state index contributed by atoms with van der Waals surface area (Å²) in [7, 11) is 1.33. The van der Waals surface area contributed by atoms with E-state index in [9.17, 15) is 4.79 Å². The number of methoxy groups -OCH3 is 1. The summed E-state index contributed by atoms with van der Waals surface area (Å²) in [6.07, 6.45) is 0.156. The molecule has 1 fully saturated rings. The van der Waals surface area contributed by atoms with Crippen molar-refractivity contribution in [1.82, 2.24) is 0 Å². The van der Waals surface area contributed by atoms with Crippen LogP contribution in [0.5, 0.6) is 0 Å². The minimum Gasteiger partial charge on any atom is -0.469 e. The molecular formula is C5H8O4. The predicted octanol–water partition coefficient (Wildman–Crippen LogP) is 0.227. The van der Waals surface area contributed by atoms with E-state index < -0.39 is 5.79 Å². The molecule has 0 atom stereocenters. The number of ether oxygens (including phenoxy) is 1. The predicted molar refractivity (Wildman–Crippen MR) is 27.2 cm³/mol. The second-order valence-corrected chi connectivity index (χ2v) is 2.05. The van der Waals surface area contributed by atoms with Crippen molar-refractivity contribution in [2.24, 2.45) is 0 Å². The fourth-order valence-corrected chi connectivity index (χ4v) is 0.464. The fourth-order valence-electron chi connectivity index (χ4n) is 0.464. The zero-order valence-electron chi connectivity index (χ0n) is 5.34. The first-order chi connectivity index (χ1) is 4.16. The average molecular weight is 132 g/mol. The van der Waals surface area contributed by atoms with Crippen molar-refractivity contribution in [3.05, 3.63) is 0 Å². The van der Waals surface area contributed by atoms with Gasteiger partial charge in [0.25, 0.3) is 0 Å². The lowest BCUT2D eigenvalue weighted by molar-refractivity contribution is -0.142. The Labute approximate surface area is 52.6 Å². The molecule has 52 valence electrons. The third-order valence-corrected chi connectivity index (χ3v) is 1.06. The molecule has 0 saturated carbocycles. The summed E-state index contributed by atoms with van der Waals surface area (Å²) in [4.78, 5) is 19.4. The van der Waals surface area contributed by atoms with Gasteiger partial charge in [0.05, 0.1) is 7.11 Å². The number of rotatable bonds is 2. The zero-order valence-corrected chi connectivity index (χ0v) is 5.34. The quantitative estimate of drug-likeness (QED) is 0.306. The third kappa shape index (κ3) is 1.65. The topological polar surface area (TPSA) is 51.4 Å². The highest BCUT2D eigenvalue weighted by atomic mass is 17.4. The van der Waals surface area contributed by atoms with E-state index in [1.807, 2.05) is 0 Å². The Morgan fingerprint density at radius 1 is 1.67 bits per heavy atom. The van der Waals surface area contributed by atoms with E-state index in [-0.39, 0.29) is 12.4 Å². The standard InChI is InChI=1S/C5H8O4/c1-5(8-9-5)3-4(6)7-2/h3H2,1-2H3. The van der Waals surface area contributed by atoms with E-state index in [1.54, 1.807) is 6.92 Å². The van der Waals surface area contributed by atoms with Crippen molar-refractivity contribution in [3.63, 3.8) is 0 Å². The summed E-state index contributed by atoms with van der Waals surface area (Å²) < 4.78 is 4.37. The molecule has 1 aliphatic heterocycles. The summed E-state index contributed by atoms with van der Waals surface area (Å²) in [5.74, 6) is -1.03. The molecule has 0 bridgehead atoms. The highest BCUT2D eigenvalue weighted by Crippen LogP contribution is 2.32. The highest BCUT2D eigenvalue weighted by Gasteiger charge is 2.45. The molecule has 0 unspecified atom stereocenters. The number of carbonyl (C=O) groups excluding carboxylic acids is 1. The Bertz CT molecular complexity index is 127. The van der Waals surface area contributed by atoms with Crippen LogP contribution in [0.25, 0.3) is 0 Å². The SMILES string of the molecule is COC(=O)CC1(C)OO1. The molecule has 0 N–H and O–H groups in total. The summed E-state index contributed by atoms with van der Waals surface area (Å²) in [5, 5.41) is 0. The Morgan fingerprint density at radius 3 is 2.56 bits per heavy atom. The van der Waals surface area contributed by atoms with Crippen molar-refractivity contribution < 1.29 is 19.3 Å². The second kappa shape index (κ2) is 1.97. The Hall–Kier alpha value is -0.610. The van der Waals surface area contributed by atoms with E-state index in [4.69, 9.17) is 0 Å². The van der Waals surface area contributed by atoms with Crippen LogP contribution in [0, 0.1) is 0 Å². The summed E-state index contributed by atoms with van der Waals surface area (Å²) in [6, 6.07) is 0. The molecule has 0 amide bonds.